The predicted octanol–water partition coefficient (Wildman–Crippen LogP) is 4.59. The van der Waals surface area contributed by atoms with E-state index < -0.39 is 11.6 Å². The minimum absolute atomic E-state index is 0.0426. The highest BCUT2D eigenvalue weighted by atomic mass is 32.1. The van der Waals surface area contributed by atoms with E-state index in [2.05, 4.69) is 10.3 Å². The van der Waals surface area contributed by atoms with Crippen LogP contribution in [0.3, 0.4) is 0 Å². The standard InChI is InChI=1S/C15H15F2N3S/c1-8(2)15-20-13(7-21-15)9(3)19-14-11(16)4-10(6-18)5-12(14)17/h4-5,7-9,19H,1-3H3. The van der Waals surface area contributed by atoms with E-state index in [9.17, 15) is 8.78 Å². The number of thiazole rings is 1. The molecule has 1 heterocycles. The molecule has 110 valence electrons. The lowest BCUT2D eigenvalue weighted by Gasteiger charge is -2.15. The second-order valence-electron chi connectivity index (χ2n) is 5.06. The molecule has 0 aliphatic heterocycles. The molecule has 6 heteroatoms. The third kappa shape index (κ3) is 3.37. The van der Waals surface area contributed by atoms with Crippen LogP contribution >= 0.6 is 11.3 Å². The SMILES string of the molecule is CC(C)c1nc(C(C)Nc2c(F)cc(C#N)cc2F)cs1. The third-order valence-corrected chi connectivity index (χ3v) is 4.17. The fourth-order valence-electron chi connectivity index (χ4n) is 1.83. The van der Waals surface area contributed by atoms with Crippen LogP contribution in [-0.2, 0) is 0 Å². The van der Waals surface area contributed by atoms with Gasteiger partial charge in [-0.25, -0.2) is 13.8 Å². The first kappa shape index (κ1) is 15.4. The Labute approximate surface area is 126 Å². The number of nitrogens with one attached hydrogen (secondary N) is 1. The number of nitrogens with zero attached hydrogens (tertiary/aromatic N) is 2. The maximum Gasteiger partial charge on any atom is 0.150 e. The smallest absolute Gasteiger partial charge is 0.150 e. The zero-order chi connectivity index (χ0) is 15.6. The number of anilines is 1. The highest BCUT2D eigenvalue weighted by molar-refractivity contribution is 7.09. The maximum atomic E-state index is 13.8. The van der Waals surface area contributed by atoms with Crippen LogP contribution in [0, 0.1) is 23.0 Å². The lowest BCUT2D eigenvalue weighted by molar-refractivity contribution is 0.583. The molecule has 1 aromatic heterocycles. The molecule has 1 aromatic carbocycles. The highest BCUT2D eigenvalue weighted by Gasteiger charge is 2.17. The summed E-state index contributed by atoms with van der Waals surface area (Å²) < 4.78 is 27.7. The van der Waals surface area contributed by atoms with Gasteiger partial charge in [0.05, 0.1) is 28.4 Å². The number of rotatable bonds is 4. The van der Waals surface area contributed by atoms with Crippen molar-refractivity contribution >= 4 is 17.0 Å². The van der Waals surface area contributed by atoms with Gasteiger partial charge in [0.25, 0.3) is 0 Å². The van der Waals surface area contributed by atoms with Gasteiger partial charge in [-0.2, -0.15) is 5.26 Å². The minimum atomic E-state index is -0.780. The monoisotopic (exact) mass is 307 g/mol. The van der Waals surface area contributed by atoms with Gasteiger partial charge in [0.1, 0.15) is 5.69 Å². The van der Waals surface area contributed by atoms with Crippen molar-refractivity contribution in [3.05, 3.63) is 45.4 Å². The Balaban J connectivity index is 2.23. The normalized spacial score (nSPS) is 12.2. The van der Waals surface area contributed by atoms with Crippen LogP contribution in [0.1, 0.15) is 49.0 Å². The van der Waals surface area contributed by atoms with E-state index >= 15 is 0 Å². The summed E-state index contributed by atoms with van der Waals surface area (Å²) in [6.45, 7) is 5.87. The van der Waals surface area contributed by atoms with Crippen molar-refractivity contribution in [1.82, 2.24) is 4.98 Å². The van der Waals surface area contributed by atoms with Crippen molar-refractivity contribution in [3.63, 3.8) is 0 Å². The average molecular weight is 307 g/mol. The van der Waals surface area contributed by atoms with Gasteiger partial charge in [-0.15, -0.1) is 11.3 Å². The largest absolute Gasteiger partial charge is 0.372 e. The summed E-state index contributed by atoms with van der Waals surface area (Å²) in [5.74, 6) is -1.24. The summed E-state index contributed by atoms with van der Waals surface area (Å²) in [5, 5.41) is 14.3. The van der Waals surface area contributed by atoms with E-state index in [1.165, 1.54) is 11.3 Å². The lowest BCUT2D eigenvalue weighted by Crippen LogP contribution is -2.10. The van der Waals surface area contributed by atoms with Crippen molar-refractivity contribution in [2.75, 3.05) is 5.32 Å². The Morgan fingerprint density at radius 3 is 2.33 bits per heavy atom. The van der Waals surface area contributed by atoms with E-state index in [1.54, 1.807) is 13.0 Å². The Morgan fingerprint density at radius 1 is 1.24 bits per heavy atom. The van der Waals surface area contributed by atoms with Crippen molar-refractivity contribution in [3.8, 4) is 6.07 Å². The molecule has 0 aliphatic carbocycles. The Kier molecular flexibility index (Phi) is 4.53. The van der Waals surface area contributed by atoms with Crippen LogP contribution in [0.4, 0.5) is 14.5 Å². The molecule has 21 heavy (non-hydrogen) atoms. The summed E-state index contributed by atoms with van der Waals surface area (Å²) >= 11 is 1.53. The molecular weight excluding hydrogens is 292 g/mol. The molecule has 0 fully saturated rings. The number of hydrogen-bond acceptors (Lipinski definition) is 4. The molecule has 0 radical (unpaired) electrons. The topological polar surface area (TPSA) is 48.7 Å². The van der Waals surface area contributed by atoms with Gasteiger partial charge in [-0.05, 0) is 19.1 Å². The Bertz CT molecular complexity index is 665. The first-order chi connectivity index (χ1) is 9.92. The zero-order valence-electron chi connectivity index (χ0n) is 11.9. The number of aromatic nitrogens is 1. The number of halogens is 2. The van der Waals surface area contributed by atoms with Crippen LogP contribution in [0.25, 0.3) is 0 Å². The van der Waals surface area contributed by atoms with Crippen LogP contribution in [0.5, 0.6) is 0 Å². The van der Waals surface area contributed by atoms with Crippen molar-refractivity contribution in [1.29, 1.82) is 5.26 Å². The first-order valence-electron chi connectivity index (χ1n) is 6.53. The molecule has 0 saturated heterocycles. The second kappa shape index (κ2) is 6.19. The number of benzene rings is 1. The summed E-state index contributed by atoms with van der Waals surface area (Å²) in [6, 6.07) is 3.42. The van der Waals surface area contributed by atoms with E-state index in [4.69, 9.17) is 5.26 Å². The Hall–Kier alpha value is -2.00. The molecule has 0 spiro atoms. The predicted molar refractivity (Wildman–Crippen MR) is 79.3 cm³/mol. The van der Waals surface area contributed by atoms with Gasteiger partial charge in [-0.3, -0.25) is 0 Å². The van der Waals surface area contributed by atoms with Crippen molar-refractivity contribution in [2.45, 2.75) is 32.7 Å². The highest BCUT2D eigenvalue weighted by Crippen LogP contribution is 2.28. The van der Waals surface area contributed by atoms with Crippen molar-refractivity contribution in [2.24, 2.45) is 0 Å². The van der Waals surface area contributed by atoms with E-state index in [0.717, 1.165) is 22.8 Å². The molecule has 1 atom stereocenters. The number of nitriles is 1. The first-order valence-corrected chi connectivity index (χ1v) is 7.41. The van der Waals surface area contributed by atoms with Crippen LogP contribution in [0.2, 0.25) is 0 Å². The van der Waals surface area contributed by atoms with Gasteiger partial charge >= 0.3 is 0 Å². The van der Waals surface area contributed by atoms with E-state index in [-0.39, 0.29) is 17.3 Å². The molecule has 2 rings (SSSR count). The summed E-state index contributed by atoms with van der Waals surface area (Å²) in [4.78, 5) is 4.46. The third-order valence-electron chi connectivity index (χ3n) is 3.01. The second-order valence-corrected chi connectivity index (χ2v) is 5.95. The molecular formula is C15H15F2N3S. The zero-order valence-corrected chi connectivity index (χ0v) is 12.8. The Morgan fingerprint density at radius 2 is 1.86 bits per heavy atom. The van der Waals surface area contributed by atoms with E-state index in [1.807, 2.05) is 19.2 Å². The van der Waals surface area contributed by atoms with Gasteiger partial charge in [-0.1, -0.05) is 13.8 Å². The fraction of sp³-hybridized carbons (Fsp3) is 0.333. The number of hydrogen-bond donors (Lipinski definition) is 1. The van der Waals surface area contributed by atoms with Crippen LogP contribution in [-0.4, -0.2) is 4.98 Å². The molecule has 1 unspecified atom stereocenters. The molecule has 0 bridgehead atoms. The van der Waals surface area contributed by atoms with Crippen molar-refractivity contribution < 1.29 is 8.78 Å². The molecule has 1 N–H and O–H groups in total. The summed E-state index contributed by atoms with van der Waals surface area (Å²) in [7, 11) is 0. The molecule has 2 aromatic rings. The molecule has 0 amide bonds. The van der Waals surface area contributed by atoms with Gasteiger partial charge in [0.15, 0.2) is 11.6 Å². The molecule has 0 saturated carbocycles. The van der Waals surface area contributed by atoms with E-state index in [0.29, 0.717) is 5.92 Å². The summed E-state index contributed by atoms with van der Waals surface area (Å²) in [5.41, 5.74) is 0.464. The quantitative estimate of drug-likeness (QED) is 0.898. The maximum absolute atomic E-state index is 13.8. The van der Waals surface area contributed by atoms with Crippen LogP contribution < -0.4 is 5.32 Å². The average Bonchev–Trinajstić information content (AvgIpc) is 2.92. The fourth-order valence-corrected chi connectivity index (χ4v) is 2.76. The van der Waals surface area contributed by atoms with Gasteiger partial charge in [0.2, 0.25) is 0 Å². The molecule has 3 nitrogen and oxygen atoms in total. The minimum Gasteiger partial charge on any atom is -0.372 e. The molecule has 0 aliphatic rings. The van der Waals surface area contributed by atoms with Gasteiger partial charge in [0, 0.05) is 11.3 Å². The lowest BCUT2D eigenvalue weighted by atomic mass is 10.1. The van der Waals surface area contributed by atoms with Crippen LogP contribution in [0.15, 0.2) is 17.5 Å². The van der Waals surface area contributed by atoms with Gasteiger partial charge < -0.3 is 5.32 Å². The summed E-state index contributed by atoms with van der Waals surface area (Å²) in [6.07, 6.45) is 0.